The molecule has 160 valence electrons. The van der Waals surface area contributed by atoms with Crippen LogP contribution in [0.4, 0.5) is 0 Å². The molecule has 1 aliphatic rings. The predicted molar refractivity (Wildman–Crippen MR) is 127 cm³/mol. The van der Waals surface area contributed by atoms with Gasteiger partial charge in [-0.3, -0.25) is 4.40 Å². The summed E-state index contributed by atoms with van der Waals surface area (Å²) >= 11 is 0. The van der Waals surface area contributed by atoms with Gasteiger partial charge in [0.15, 0.2) is 17.4 Å². The maximum Gasteiger partial charge on any atom is 0.213 e. The van der Waals surface area contributed by atoms with Crippen molar-refractivity contribution in [3.63, 3.8) is 0 Å². The fourth-order valence-electron chi connectivity index (χ4n) is 3.48. The number of pyridine rings is 2. The van der Waals surface area contributed by atoms with Gasteiger partial charge in [-0.2, -0.15) is 0 Å². The van der Waals surface area contributed by atoms with Crippen molar-refractivity contribution in [1.82, 2.24) is 30.2 Å². The third kappa shape index (κ3) is 5.80. The molecule has 8 nitrogen and oxygen atoms in total. The van der Waals surface area contributed by atoms with Gasteiger partial charge in [0.25, 0.3) is 0 Å². The number of halogens is 1. The molecule has 3 aromatic heterocycles. The molecule has 0 amide bonds. The first kappa shape index (κ1) is 22.3. The SMILES string of the molecule is CCNC(=NCc1ccnc(OC2CCCC2)c1)NCc1nnc2ccccn12.I. The van der Waals surface area contributed by atoms with Crippen molar-refractivity contribution < 1.29 is 4.74 Å². The Hall–Kier alpha value is -2.43. The Morgan fingerprint density at radius 3 is 2.90 bits per heavy atom. The second-order valence-electron chi connectivity index (χ2n) is 7.12. The van der Waals surface area contributed by atoms with Gasteiger partial charge in [0.2, 0.25) is 5.88 Å². The van der Waals surface area contributed by atoms with Crippen molar-refractivity contribution in [3.05, 3.63) is 54.1 Å². The van der Waals surface area contributed by atoms with Gasteiger partial charge in [-0.15, -0.1) is 34.2 Å². The van der Waals surface area contributed by atoms with E-state index in [9.17, 15) is 0 Å². The van der Waals surface area contributed by atoms with Gasteiger partial charge < -0.3 is 15.4 Å². The molecule has 0 atom stereocenters. The van der Waals surface area contributed by atoms with E-state index in [2.05, 4.69) is 30.8 Å². The van der Waals surface area contributed by atoms with Crippen molar-refractivity contribution in [2.75, 3.05) is 6.54 Å². The Kier molecular flexibility index (Phi) is 8.23. The number of aliphatic imine (C=N–C) groups is 1. The molecule has 0 aromatic carbocycles. The summed E-state index contributed by atoms with van der Waals surface area (Å²) in [6.45, 7) is 3.89. The maximum atomic E-state index is 6.00. The van der Waals surface area contributed by atoms with Crippen LogP contribution in [0.25, 0.3) is 5.65 Å². The molecule has 0 saturated heterocycles. The van der Waals surface area contributed by atoms with Crippen LogP contribution in [0.3, 0.4) is 0 Å². The average molecular weight is 521 g/mol. The van der Waals surface area contributed by atoms with E-state index < -0.39 is 0 Å². The molecule has 1 saturated carbocycles. The van der Waals surface area contributed by atoms with E-state index in [1.165, 1.54) is 12.8 Å². The first-order valence-electron chi connectivity index (χ1n) is 10.2. The zero-order valence-electron chi connectivity index (χ0n) is 17.1. The highest BCUT2D eigenvalue weighted by atomic mass is 127. The predicted octanol–water partition coefficient (Wildman–Crippen LogP) is 3.32. The van der Waals surface area contributed by atoms with Gasteiger partial charge in [-0.05, 0) is 56.4 Å². The Morgan fingerprint density at radius 2 is 2.07 bits per heavy atom. The summed E-state index contributed by atoms with van der Waals surface area (Å²) in [6, 6.07) is 9.81. The Labute approximate surface area is 193 Å². The summed E-state index contributed by atoms with van der Waals surface area (Å²) in [5.41, 5.74) is 1.90. The molecule has 3 heterocycles. The van der Waals surface area contributed by atoms with Crippen molar-refractivity contribution in [2.45, 2.75) is 51.8 Å². The molecule has 2 N–H and O–H groups in total. The number of fused-ring (bicyclic) bond motifs is 1. The van der Waals surface area contributed by atoms with Crippen LogP contribution in [0.2, 0.25) is 0 Å². The lowest BCUT2D eigenvalue weighted by Crippen LogP contribution is -2.37. The van der Waals surface area contributed by atoms with Crippen LogP contribution in [0.15, 0.2) is 47.7 Å². The quantitative estimate of drug-likeness (QED) is 0.282. The van der Waals surface area contributed by atoms with Crippen LogP contribution in [0.1, 0.15) is 44.0 Å². The molecule has 1 fully saturated rings. The van der Waals surface area contributed by atoms with Crippen molar-refractivity contribution in [1.29, 1.82) is 0 Å². The molecule has 4 rings (SSSR count). The maximum absolute atomic E-state index is 6.00. The van der Waals surface area contributed by atoms with E-state index in [0.717, 1.165) is 42.4 Å². The lowest BCUT2D eigenvalue weighted by molar-refractivity contribution is 0.201. The number of nitrogens with one attached hydrogen (secondary N) is 2. The molecule has 0 spiro atoms. The first-order chi connectivity index (χ1) is 14.3. The van der Waals surface area contributed by atoms with Crippen molar-refractivity contribution >= 4 is 35.6 Å². The molecule has 0 unspecified atom stereocenters. The van der Waals surface area contributed by atoms with Crippen LogP contribution in [0.5, 0.6) is 5.88 Å². The van der Waals surface area contributed by atoms with Crippen LogP contribution in [-0.4, -0.2) is 38.2 Å². The molecule has 3 aromatic rings. The van der Waals surface area contributed by atoms with Gasteiger partial charge >= 0.3 is 0 Å². The third-order valence-corrected chi connectivity index (χ3v) is 4.95. The molecule has 30 heavy (non-hydrogen) atoms. The molecular weight excluding hydrogens is 493 g/mol. The highest BCUT2D eigenvalue weighted by molar-refractivity contribution is 14.0. The monoisotopic (exact) mass is 521 g/mol. The van der Waals surface area contributed by atoms with E-state index in [-0.39, 0.29) is 24.0 Å². The van der Waals surface area contributed by atoms with Gasteiger partial charge in [0.05, 0.1) is 13.1 Å². The second-order valence-corrected chi connectivity index (χ2v) is 7.12. The smallest absolute Gasteiger partial charge is 0.213 e. The molecule has 0 aliphatic heterocycles. The summed E-state index contributed by atoms with van der Waals surface area (Å²) in [5, 5.41) is 15.0. The topological polar surface area (TPSA) is 88.7 Å². The minimum Gasteiger partial charge on any atom is -0.474 e. The average Bonchev–Trinajstić information content (AvgIpc) is 3.40. The first-order valence-corrected chi connectivity index (χ1v) is 10.2. The molecule has 9 heteroatoms. The van der Waals surface area contributed by atoms with E-state index in [4.69, 9.17) is 4.74 Å². The third-order valence-electron chi connectivity index (χ3n) is 4.95. The highest BCUT2D eigenvalue weighted by Gasteiger charge is 2.17. The number of hydrogen-bond donors (Lipinski definition) is 2. The van der Waals surface area contributed by atoms with E-state index in [0.29, 0.717) is 25.1 Å². The van der Waals surface area contributed by atoms with Gasteiger partial charge in [0, 0.05) is 25.0 Å². The number of nitrogens with zero attached hydrogens (tertiary/aromatic N) is 5. The fourth-order valence-corrected chi connectivity index (χ4v) is 3.48. The highest BCUT2D eigenvalue weighted by Crippen LogP contribution is 2.23. The Morgan fingerprint density at radius 1 is 1.20 bits per heavy atom. The summed E-state index contributed by atoms with van der Waals surface area (Å²) < 4.78 is 7.96. The van der Waals surface area contributed by atoms with E-state index in [1.807, 2.05) is 47.9 Å². The van der Waals surface area contributed by atoms with Gasteiger partial charge in [-0.25, -0.2) is 9.98 Å². The summed E-state index contributed by atoms with van der Waals surface area (Å²) in [7, 11) is 0. The Balaban J connectivity index is 0.00000256. The van der Waals surface area contributed by atoms with Crippen LogP contribution < -0.4 is 15.4 Å². The van der Waals surface area contributed by atoms with Crippen LogP contribution in [-0.2, 0) is 13.1 Å². The standard InChI is InChI=1S/C21H27N7O.HI/c1-2-22-21(25-15-19-27-26-18-9-5-6-12-28(18)19)24-14-16-10-11-23-20(13-16)29-17-7-3-4-8-17;/h5-6,9-13,17H,2-4,7-8,14-15H2,1H3,(H2,22,24,25);1H. The largest absolute Gasteiger partial charge is 0.474 e. The van der Waals surface area contributed by atoms with Crippen molar-refractivity contribution in [3.8, 4) is 5.88 Å². The zero-order chi connectivity index (χ0) is 19.9. The lowest BCUT2D eigenvalue weighted by Gasteiger charge is -2.13. The minimum absolute atomic E-state index is 0. The number of ether oxygens (including phenoxy) is 1. The minimum atomic E-state index is 0. The normalized spacial score (nSPS) is 14.5. The lowest BCUT2D eigenvalue weighted by atomic mass is 10.2. The van der Waals surface area contributed by atoms with Crippen LogP contribution >= 0.6 is 24.0 Å². The van der Waals surface area contributed by atoms with E-state index in [1.54, 1.807) is 6.20 Å². The molecule has 0 radical (unpaired) electrons. The number of rotatable bonds is 7. The summed E-state index contributed by atoms with van der Waals surface area (Å²) in [5.74, 6) is 2.26. The fraction of sp³-hybridized carbons (Fsp3) is 0.429. The number of aromatic nitrogens is 4. The Bertz CT molecular complexity index is 969. The van der Waals surface area contributed by atoms with Gasteiger partial charge in [-0.1, -0.05) is 6.07 Å². The molecular formula is C21H28IN7O. The zero-order valence-corrected chi connectivity index (χ0v) is 19.5. The number of hydrogen-bond acceptors (Lipinski definition) is 5. The van der Waals surface area contributed by atoms with Crippen LogP contribution in [0, 0.1) is 0 Å². The second kappa shape index (κ2) is 11.1. The van der Waals surface area contributed by atoms with Crippen molar-refractivity contribution in [2.24, 2.45) is 4.99 Å². The summed E-state index contributed by atoms with van der Waals surface area (Å²) in [4.78, 5) is 9.04. The summed E-state index contributed by atoms with van der Waals surface area (Å²) in [6.07, 6.45) is 8.78. The molecule has 0 bridgehead atoms. The van der Waals surface area contributed by atoms with Gasteiger partial charge in [0.1, 0.15) is 6.10 Å². The molecule has 1 aliphatic carbocycles. The van der Waals surface area contributed by atoms with E-state index >= 15 is 0 Å². The number of guanidine groups is 1.